The Kier molecular flexibility index (Phi) is 6.32. The molecule has 0 saturated carbocycles. The first-order valence-electron chi connectivity index (χ1n) is 17.5. The van der Waals surface area contributed by atoms with Crippen LogP contribution in [0.3, 0.4) is 0 Å². The Hall–Kier alpha value is -6.26. The molecule has 0 N–H and O–H groups in total. The lowest BCUT2D eigenvalue weighted by Crippen LogP contribution is -2.31. The van der Waals surface area contributed by atoms with Gasteiger partial charge in [-0.05, 0) is 119 Å². The van der Waals surface area contributed by atoms with Gasteiger partial charge >= 0.3 is 0 Å². The van der Waals surface area contributed by atoms with E-state index in [0.29, 0.717) is 5.71 Å². The van der Waals surface area contributed by atoms with E-state index in [9.17, 15) is 0 Å². The van der Waals surface area contributed by atoms with Crippen molar-refractivity contribution >= 4 is 65.6 Å². The zero-order valence-electron chi connectivity index (χ0n) is 29.3. The highest BCUT2D eigenvalue weighted by Crippen LogP contribution is 2.41. The first-order chi connectivity index (χ1) is 24.8. The number of pyridine rings is 2. The van der Waals surface area contributed by atoms with Crippen LogP contribution in [-0.4, -0.2) is 4.98 Å². The van der Waals surface area contributed by atoms with Crippen LogP contribution in [0.25, 0.3) is 99.1 Å². The molecule has 0 amide bonds. The maximum absolute atomic E-state index is 6.83. The average molecular weight is 660 g/mol. The number of hydrogen-bond acceptors (Lipinski definition) is 3. The molecule has 4 heterocycles. The summed E-state index contributed by atoms with van der Waals surface area (Å²) in [7, 11) is 2.13. The summed E-state index contributed by atoms with van der Waals surface area (Å²) >= 11 is 0. The lowest BCUT2D eigenvalue weighted by Gasteiger charge is -2.13. The van der Waals surface area contributed by atoms with Gasteiger partial charge in [0.05, 0.1) is 5.56 Å². The lowest BCUT2D eigenvalue weighted by molar-refractivity contribution is -0.660. The third kappa shape index (κ3) is 4.53. The van der Waals surface area contributed by atoms with E-state index in [0.717, 1.165) is 66.4 Å². The minimum Gasteiger partial charge on any atom is -0.455 e. The van der Waals surface area contributed by atoms with Crippen molar-refractivity contribution in [3.63, 3.8) is 0 Å². The van der Waals surface area contributed by atoms with Gasteiger partial charge in [-0.1, -0.05) is 72.8 Å². The summed E-state index contributed by atoms with van der Waals surface area (Å²) in [6.45, 7) is 8.57. The maximum Gasteiger partial charge on any atom is 0.227 e. The second-order valence-corrected chi connectivity index (χ2v) is 14.1. The smallest absolute Gasteiger partial charge is 0.227 e. The molecule has 0 radical (unpaired) electrons. The lowest BCUT2D eigenvalue weighted by atomic mass is 9.92. The van der Waals surface area contributed by atoms with Gasteiger partial charge < -0.3 is 8.83 Å². The zero-order chi connectivity index (χ0) is 34.5. The fraction of sp³-hybridized carbons (Fsp3) is 0.106. The van der Waals surface area contributed by atoms with Crippen LogP contribution in [-0.2, 0) is 7.05 Å². The molecule has 4 nitrogen and oxygen atoms in total. The van der Waals surface area contributed by atoms with Crippen molar-refractivity contribution in [2.24, 2.45) is 7.05 Å². The van der Waals surface area contributed by atoms with Gasteiger partial charge in [0.2, 0.25) is 11.4 Å². The van der Waals surface area contributed by atoms with E-state index in [1.165, 1.54) is 49.4 Å². The van der Waals surface area contributed by atoms with Crippen molar-refractivity contribution in [2.45, 2.75) is 27.7 Å². The summed E-state index contributed by atoms with van der Waals surface area (Å²) in [5, 5.41) is 9.33. The van der Waals surface area contributed by atoms with Crippen molar-refractivity contribution < 1.29 is 13.4 Å². The van der Waals surface area contributed by atoms with Crippen LogP contribution in [0.4, 0.5) is 0 Å². The Labute approximate surface area is 295 Å². The highest BCUT2D eigenvalue weighted by atomic mass is 16.3. The summed E-state index contributed by atoms with van der Waals surface area (Å²) in [6.07, 6.45) is 2.24. The Morgan fingerprint density at radius 2 is 1.27 bits per heavy atom. The van der Waals surface area contributed by atoms with E-state index in [-0.39, 0.29) is 0 Å². The normalized spacial score (nSPS) is 12.0. The molecule has 0 aliphatic rings. The molecule has 6 aromatic carbocycles. The first-order valence-corrected chi connectivity index (χ1v) is 17.5. The minimum atomic E-state index is 0.688. The maximum atomic E-state index is 6.83. The number of rotatable bonds is 3. The van der Waals surface area contributed by atoms with Gasteiger partial charge in [-0.15, -0.1) is 0 Å². The van der Waals surface area contributed by atoms with E-state index < -0.39 is 0 Å². The quantitative estimate of drug-likeness (QED) is 0.140. The van der Waals surface area contributed by atoms with Gasteiger partial charge in [0.1, 0.15) is 23.8 Å². The van der Waals surface area contributed by atoms with Crippen molar-refractivity contribution in [1.29, 1.82) is 0 Å². The van der Waals surface area contributed by atoms with Crippen LogP contribution in [0, 0.1) is 27.7 Å². The molecule has 0 fully saturated rings. The summed E-state index contributed by atoms with van der Waals surface area (Å²) in [5.41, 5.74) is 14.9. The zero-order valence-corrected chi connectivity index (χ0v) is 29.3. The van der Waals surface area contributed by atoms with E-state index >= 15 is 0 Å². The Morgan fingerprint density at radius 3 is 2.16 bits per heavy atom. The molecule has 0 bridgehead atoms. The number of hydrogen-bond donors (Lipinski definition) is 0. The van der Waals surface area contributed by atoms with Gasteiger partial charge in [-0.2, -0.15) is 0 Å². The van der Waals surface area contributed by atoms with Gasteiger partial charge in [-0.25, -0.2) is 9.55 Å². The fourth-order valence-corrected chi connectivity index (χ4v) is 8.15. The first kappa shape index (κ1) is 29.6. The molecule has 51 heavy (non-hydrogen) atoms. The molecular weight excluding hydrogens is 625 g/mol. The topological polar surface area (TPSA) is 43.1 Å². The Morgan fingerprint density at radius 1 is 0.510 bits per heavy atom. The average Bonchev–Trinajstić information content (AvgIpc) is 3.68. The van der Waals surface area contributed by atoms with Crippen LogP contribution in [0.2, 0.25) is 0 Å². The number of aryl methyl sites for hydroxylation is 5. The second-order valence-electron chi connectivity index (χ2n) is 14.1. The van der Waals surface area contributed by atoms with Crippen molar-refractivity contribution in [3.05, 3.63) is 144 Å². The molecule has 244 valence electrons. The summed E-state index contributed by atoms with van der Waals surface area (Å²) < 4.78 is 15.2. The molecule has 0 atom stereocenters. The molecule has 4 aromatic heterocycles. The molecule has 0 aliphatic carbocycles. The Balaban J connectivity index is 1.09. The van der Waals surface area contributed by atoms with E-state index in [1.54, 1.807) is 0 Å². The number of benzene rings is 6. The molecule has 0 spiro atoms. The second kappa shape index (κ2) is 10.9. The Bertz CT molecular complexity index is 3090. The number of aromatic nitrogens is 2. The molecular formula is C47H35N2O2+. The number of fused-ring (bicyclic) bond motifs is 9. The van der Waals surface area contributed by atoms with Crippen LogP contribution in [0.5, 0.6) is 0 Å². The van der Waals surface area contributed by atoms with Gasteiger partial charge in [0, 0.05) is 38.9 Å². The largest absolute Gasteiger partial charge is 0.455 e. The van der Waals surface area contributed by atoms with Crippen molar-refractivity contribution in [3.8, 4) is 33.5 Å². The van der Waals surface area contributed by atoms with Gasteiger partial charge in [0.15, 0.2) is 6.20 Å². The van der Waals surface area contributed by atoms with E-state index in [1.807, 2.05) is 13.0 Å². The third-order valence-electron chi connectivity index (χ3n) is 10.8. The van der Waals surface area contributed by atoms with Crippen LogP contribution in [0.15, 0.2) is 130 Å². The van der Waals surface area contributed by atoms with Crippen LogP contribution >= 0.6 is 0 Å². The molecule has 0 aliphatic heterocycles. The minimum absolute atomic E-state index is 0.688. The molecule has 0 unspecified atom stereocenters. The molecule has 0 saturated heterocycles. The number of furan rings is 2. The van der Waals surface area contributed by atoms with Crippen LogP contribution < -0.4 is 4.57 Å². The monoisotopic (exact) mass is 659 g/mol. The fourth-order valence-electron chi connectivity index (χ4n) is 8.15. The molecule has 10 aromatic rings. The van der Waals surface area contributed by atoms with E-state index in [2.05, 4.69) is 153 Å². The van der Waals surface area contributed by atoms with Gasteiger partial charge in [-0.3, -0.25) is 0 Å². The summed E-state index contributed by atoms with van der Waals surface area (Å²) in [6, 6.07) is 41.7. The van der Waals surface area contributed by atoms with Crippen molar-refractivity contribution in [1.82, 2.24) is 4.98 Å². The van der Waals surface area contributed by atoms with Crippen LogP contribution in [0.1, 0.15) is 22.4 Å². The third-order valence-corrected chi connectivity index (χ3v) is 10.8. The predicted octanol–water partition coefficient (Wildman–Crippen LogP) is 12.2. The molecule has 4 heteroatoms. The van der Waals surface area contributed by atoms with Crippen molar-refractivity contribution in [2.75, 3.05) is 0 Å². The highest BCUT2D eigenvalue weighted by Gasteiger charge is 2.24. The van der Waals surface area contributed by atoms with E-state index in [4.69, 9.17) is 8.83 Å². The summed E-state index contributed by atoms with van der Waals surface area (Å²) in [4.78, 5) is 4.60. The standard InChI is InChI=1S/C47H35N2O2/c1-26-10-16-37-41-21-33-13-12-30-8-6-7-9-35(30)40(33)24-44(41)50-46(37)45(26)42-23-39(28(3)25-49(42)5)34-18-14-31(20-27(34)2)32-15-19-36-38-17-11-29(4)48-47(38)51-43(36)22-32/h6-25H,1-5H3/q+1. The number of nitrogens with zero attached hydrogens (tertiary/aromatic N) is 2. The highest BCUT2D eigenvalue weighted by molar-refractivity contribution is 6.17. The predicted molar refractivity (Wildman–Crippen MR) is 210 cm³/mol. The SMILES string of the molecule is Cc1ccc2c(n1)oc1cc(-c3ccc(-c4cc(-c5c(C)ccc6c5oc5cc7c(ccc8ccccc87)cc56)[n+](C)cc4C)c(C)c3)ccc12. The van der Waals surface area contributed by atoms with Gasteiger partial charge in [0.25, 0.3) is 0 Å². The summed E-state index contributed by atoms with van der Waals surface area (Å²) in [5.74, 6) is 0. The molecule has 10 rings (SSSR count).